The lowest BCUT2D eigenvalue weighted by Gasteiger charge is -2.22. The number of hydrogen-bond donors (Lipinski definition) is 1. The minimum Gasteiger partial charge on any atom is -0.459 e. The van der Waals surface area contributed by atoms with Crippen LogP contribution >= 0.6 is 0 Å². The summed E-state index contributed by atoms with van der Waals surface area (Å²) in [5.74, 6) is -0.412. The van der Waals surface area contributed by atoms with Crippen molar-refractivity contribution in [3.8, 4) is 0 Å². The first-order valence-corrected chi connectivity index (χ1v) is 5.57. The van der Waals surface area contributed by atoms with E-state index in [1.54, 1.807) is 19.3 Å². The predicted molar refractivity (Wildman–Crippen MR) is 62.0 cm³/mol. The summed E-state index contributed by atoms with van der Waals surface area (Å²) in [6.45, 7) is 5.21. The van der Waals surface area contributed by atoms with Crippen LogP contribution < -0.4 is 0 Å². The summed E-state index contributed by atoms with van der Waals surface area (Å²) in [6, 6.07) is 0. The summed E-state index contributed by atoms with van der Waals surface area (Å²) in [4.78, 5) is 19.9. The van der Waals surface area contributed by atoms with Crippen molar-refractivity contribution in [1.29, 1.82) is 0 Å². The highest BCUT2D eigenvalue weighted by Gasteiger charge is 2.32. The molecule has 0 radical (unpaired) electrons. The molecular weight excluding hydrogens is 220 g/mol. The molecule has 0 fully saturated rings. The van der Waals surface area contributed by atoms with Gasteiger partial charge in [-0.25, -0.2) is 0 Å². The molecule has 1 N–H and O–H groups in total. The SMILES string of the molecule is CCC(C)(CO)C(=O)OCc1cnc(C)cn1. The third-order valence-corrected chi connectivity index (χ3v) is 2.81. The molecule has 94 valence electrons. The molecule has 1 rings (SSSR count). The van der Waals surface area contributed by atoms with Crippen molar-refractivity contribution in [2.45, 2.75) is 33.8 Å². The molecule has 5 nitrogen and oxygen atoms in total. The molecule has 0 saturated carbocycles. The van der Waals surface area contributed by atoms with Gasteiger partial charge in [0, 0.05) is 6.20 Å². The summed E-state index contributed by atoms with van der Waals surface area (Å²) in [5.41, 5.74) is 0.576. The zero-order valence-electron chi connectivity index (χ0n) is 10.4. The molecule has 0 aromatic carbocycles. The van der Waals surface area contributed by atoms with E-state index in [4.69, 9.17) is 9.84 Å². The van der Waals surface area contributed by atoms with Crippen molar-refractivity contribution < 1.29 is 14.6 Å². The van der Waals surface area contributed by atoms with Crippen LogP contribution in [0.4, 0.5) is 0 Å². The van der Waals surface area contributed by atoms with E-state index in [9.17, 15) is 4.79 Å². The number of rotatable bonds is 5. The largest absolute Gasteiger partial charge is 0.459 e. The van der Waals surface area contributed by atoms with Gasteiger partial charge in [0.2, 0.25) is 0 Å². The van der Waals surface area contributed by atoms with E-state index >= 15 is 0 Å². The molecule has 1 heterocycles. The van der Waals surface area contributed by atoms with Gasteiger partial charge in [0.1, 0.15) is 6.61 Å². The molecule has 0 amide bonds. The maximum atomic E-state index is 11.7. The van der Waals surface area contributed by atoms with Gasteiger partial charge in [0.25, 0.3) is 0 Å². The van der Waals surface area contributed by atoms with Gasteiger partial charge >= 0.3 is 5.97 Å². The summed E-state index contributed by atoms with van der Waals surface area (Å²) < 4.78 is 5.11. The molecule has 0 aliphatic heterocycles. The predicted octanol–water partition coefficient (Wildman–Crippen LogP) is 1.24. The van der Waals surface area contributed by atoms with Gasteiger partial charge in [-0.05, 0) is 20.3 Å². The lowest BCUT2D eigenvalue weighted by atomic mass is 9.89. The number of esters is 1. The first-order chi connectivity index (χ1) is 8.01. The first-order valence-electron chi connectivity index (χ1n) is 5.57. The molecule has 0 aliphatic rings. The van der Waals surface area contributed by atoms with Gasteiger partial charge in [-0.15, -0.1) is 0 Å². The van der Waals surface area contributed by atoms with E-state index in [-0.39, 0.29) is 13.2 Å². The van der Waals surface area contributed by atoms with Gasteiger partial charge in [-0.2, -0.15) is 0 Å². The second-order valence-electron chi connectivity index (χ2n) is 4.30. The van der Waals surface area contributed by atoms with Crippen LogP contribution in [0.25, 0.3) is 0 Å². The maximum Gasteiger partial charge on any atom is 0.314 e. The number of carbonyl (C=O) groups is 1. The number of aryl methyl sites for hydroxylation is 1. The van der Waals surface area contributed by atoms with E-state index in [1.165, 1.54) is 0 Å². The van der Waals surface area contributed by atoms with E-state index in [0.717, 1.165) is 5.69 Å². The number of aromatic nitrogens is 2. The standard InChI is InChI=1S/C12H18N2O3/c1-4-12(3,8-15)11(16)17-7-10-6-13-9(2)5-14-10/h5-6,15H,4,7-8H2,1-3H3. The van der Waals surface area contributed by atoms with Crippen molar-refractivity contribution in [3.05, 3.63) is 23.8 Å². The van der Waals surface area contributed by atoms with Crippen LogP contribution in [-0.2, 0) is 16.1 Å². The Bertz CT molecular complexity index is 372. The van der Waals surface area contributed by atoms with E-state index in [1.807, 2.05) is 13.8 Å². The summed E-state index contributed by atoms with van der Waals surface area (Å²) in [7, 11) is 0. The normalized spacial score (nSPS) is 14.1. The summed E-state index contributed by atoms with van der Waals surface area (Å²) in [6.07, 6.45) is 3.72. The van der Waals surface area contributed by atoms with E-state index < -0.39 is 11.4 Å². The molecule has 1 unspecified atom stereocenters. The van der Waals surface area contributed by atoms with Crippen LogP contribution in [0.1, 0.15) is 31.7 Å². The fourth-order valence-corrected chi connectivity index (χ4v) is 1.13. The van der Waals surface area contributed by atoms with Crippen LogP contribution in [0, 0.1) is 12.3 Å². The highest BCUT2D eigenvalue weighted by molar-refractivity contribution is 5.76. The zero-order chi connectivity index (χ0) is 12.9. The van der Waals surface area contributed by atoms with Crippen molar-refractivity contribution in [2.75, 3.05) is 6.61 Å². The van der Waals surface area contributed by atoms with Crippen LogP contribution in [0.5, 0.6) is 0 Å². The number of aliphatic hydroxyl groups excluding tert-OH is 1. The van der Waals surface area contributed by atoms with Crippen molar-refractivity contribution >= 4 is 5.97 Å². The molecular formula is C12H18N2O3. The number of aliphatic hydroxyl groups is 1. The molecule has 0 saturated heterocycles. The number of ether oxygens (including phenoxy) is 1. The average molecular weight is 238 g/mol. The molecule has 0 aliphatic carbocycles. The van der Waals surface area contributed by atoms with Crippen LogP contribution in [0.3, 0.4) is 0 Å². The summed E-state index contributed by atoms with van der Waals surface area (Å²) >= 11 is 0. The number of carbonyl (C=O) groups excluding carboxylic acids is 1. The third-order valence-electron chi connectivity index (χ3n) is 2.81. The van der Waals surface area contributed by atoms with E-state index in [0.29, 0.717) is 12.1 Å². The van der Waals surface area contributed by atoms with Crippen LogP contribution in [-0.4, -0.2) is 27.7 Å². The van der Waals surface area contributed by atoms with Gasteiger partial charge < -0.3 is 9.84 Å². The lowest BCUT2D eigenvalue weighted by Crippen LogP contribution is -2.32. The minimum atomic E-state index is -0.835. The van der Waals surface area contributed by atoms with Crippen LogP contribution in [0.2, 0.25) is 0 Å². The monoisotopic (exact) mass is 238 g/mol. The van der Waals surface area contributed by atoms with Crippen molar-refractivity contribution in [1.82, 2.24) is 9.97 Å². The molecule has 1 aromatic heterocycles. The van der Waals surface area contributed by atoms with Crippen molar-refractivity contribution in [2.24, 2.45) is 5.41 Å². The Morgan fingerprint density at radius 2 is 2.18 bits per heavy atom. The number of nitrogens with zero attached hydrogens (tertiary/aromatic N) is 2. The highest BCUT2D eigenvalue weighted by Crippen LogP contribution is 2.22. The third kappa shape index (κ3) is 3.49. The second kappa shape index (κ2) is 5.72. The Labute approximate surface area is 101 Å². The van der Waals surface area contributed by atoms with Gasteiger partial charge in [0.05, 0.1) is 29.6 Å². The second-order valence-corrected chi connectivity index (χ2v) is 4.30. The summed E-state index contributed by atoms with van der Waals surface area (Å²) in [5, 5.41) is 9.16. The smallest absolute Gasteiger partial charge is 0.314 e. The van der Waals surface area contributed by atoms with Gasteiger partial charge in [-0.3, -0.25) is 14.8 Å². The Kier molecular flexibility index (Phi) is 4.57. The highest BCUT2D eigenvalue weighted by atomic mass is 16.5. The Morgan fingerprint density at radius 3 is 2.65 bits per heavy atom. The Morgan fingerprint density at radius 1 is 1.47 bits per heavy atom. The molecule has 17 heavy (non-hydrogen) atoms. The Hall–Kier alpha value is -1.49. The molecule has 0 bridgehead atoms. The fraction of sp³-hybridized carbons (Fsp3) is 0.583. The van der Waals surface area contributed by atoms with Crippen molar-refractivity contribution in [3.63, 3.8) is 0 Å². The maximum absolute atomic E-state index is 11.7. The molecule has 0 spiro atoms. The lowest BCUT2D eigenvalue weighted by molar-refractivity contribution is -0.159. The molecule has 5 heteroatoms. The minimum absolute atomic E-state index is 0.0850. The number of hydrogen-bond acceptors (Lipinski definition) is 5. The Balaban J connectivity index is 2.56. The topological polar surface area (TPSA) is 72.3 Å². The average Bonchev–Trinajstić information content (AvgIpc) is 2.36. The van der Waals surface area contributed by atoms with Crippen LogP contribution in [0.15, 0.2) is 12.4 Å². The fourth-order valence-electron chi connectivity index (χ4n) is 1.13. The zero-order valence-corrected chi connectivity index (χ0v) is 10.4. The molecule has 1 atom stereocenters. The van der Waals surface area contributed by atoms with Gasteiger partial charge in [0.15, 0.2) is 0 Å². The first kappa shape index (κ1) is 13.6. The van der Waals surface area contributed by atoms with E-state index in [2.05, 4.69) is 9.97 Å². The molecule has 1 aromatic rings. The quantitative estimate of drug-likeness (QED) is 0.781. The van der Waals surface area contributed by atoms with Gasteiger partial charge in [-0.1, -0.05) is 6.92 Å².